The molecule has 1 aliphatic heterocycles. The van der Waals surface area contributed by atoms with Crippen LogP contribution in [0.15, 0.2) is 35.3 Å². The Morgan fingerprint density at radius 2 is 2.06 bits per heavy atom. The van der Waals surface area contributed by atoms with Crippen LogP contribution in [-0.2, 0) is 11.2 Å². The Balaban J connectivity index is 1.41. The van der Waals surface area contributed by atoms with Crippen molar-refractivity contribution >= 4 is 34.4 Å². The molecule has 0 radical (unpaired) electrons. The lowest BCUT2D eigenvalue weighted by Gasteiger charge is -2.26. The molecule has 0 bridgehead atoms. The number of pyridine rings is 1. The second kappa shape index (κ2) is 8.97. The minimum absolute atomic E-state index is 0.0160. The molecule has 0 saturated carbocycles. The summed E-state index contributed by atoms with van der Waals surface area (Å²) in [5.41, 5.74) is 2.28. The van der Waals surface area contributed by atoms with Gasteiger partial charge in [0.15, 0.2) is 11.4 Å². The number of Topliss-reactive ketones (excluding diaryl/α,β-unsaturated/α-hetero) is 1. The minimum atomic E-state index is -0.284. The molecule has 1 aromatic carbocycles. The number of aromatic nitrogens is 3. The number of anilines is 1. The molecular formula is C23H24ClN5O3. The van der Waals surface area contributed by atoms with E-state index in [1.165, 1.54) is 0 Å². The Kier molecular flexibility index (Phi) is 5.91. The van der Waals surface area contributed by atoms with E-state index in [-0.39, 0.29) is 17.3 Å². The molecule has 9 heteroatoms. The van der Waals surface area contributed by atoms with Crippen LogP contribution in [0.1, 0.15) is 33.8 Å². The average Bonchev–Trinajstić information content (AvgIpc) is 2.79. The number of hydrogen-bond acceptors (Lipinski definition) is 7. The van der Waals surface area contributed by atoms with E-state index in [4.69, 9.17) is 16.3 Å². The predicted molar refractivity (Wildman–Crippen MR) is 123 cm³/mol. The number of ketones is 1. The lowest BCUT2D eigenvalue weighted by Crippen LogP contribution is -2.39. The molecule has 2 aliphatic rings. The maximum Gasteiger partial charge on any atom is 0.262 e. The van der Waals surface area contributed by atoms with Crippen molar-refractivity contribution in [2.75, 3.05) is 44.7 Å². The van der Waals surface area contributed by atoms with Crippen LogP contribution in [0.4, 0.5) is 5.95 Å². The first-order chi connectivity index (χ1) is 15.6. The monoisotopic (exact) mass is 453 g/mol. The molecule has 1 aliphatic carbocycles. The number of fused-ring (bicyclic) bond motifs is 3. The molecule has 1 saturated heterocycles. The zero-order chi connectivity index (χ0) is 22.1. The Bertz CT molecular complexity index is 1220. The summed E-state index contributed by atoms with van der Waals surface area (Å²) in [5.74, 6) is 0.333. The fraction of sp³-hybridized carbons (Fsp3) is 0.391. The largest absolute Gasteiger partial charge is 0.379 e. The van der Waals surface area contributed by atoms with Crippen molar-refractivity contribution in [2.24, 2.45) is 0 Å². The standard InChI is InChI=1S/C23H24ClN5O3/c24-16-3-1-2-14(10-16)15-11-17-18(19(30)12-15)13-26-21-20(17)22(31)28-23(27-21)25-4-5-29-6-8-32-9-7-29/h1-3,10,13,15H,4-9,11-12H2,(H2,25,26,27,28,31)/t15-/m0/s1. The molecule has 1 fully saturated rings. The first kappa shape index (κ1) is 21.1. The van der Waals surface area contributed by atoms with Crippen molar-refractivity contribution in [3.05, 3.63) is 62.5 Å². The molecule has 2 aromatic heterocycles. The number of nitrogens with zero attached hydrogens (tertiary/aromatic N) is 3. The molecule has 166 valence electrons. The maximum absolute atomic E-state index is 13.0. The summed E-state index contributed by atoms with van der Waals surface area (Å²) in [4.78, 5) is 39.8. The highest BCUT2D eigenvalue weighted by Gasteiger charge is 2.29. The molecule has 0 unspecified atom stereocenters. The summed E-state index contributed by atoms with van der Waals surface area (Å²) in [7, 11) is 0. The minimum Gasteiger partial charge on any atom is -0.379 e. The van der Waals surface area contributed by atoms with Crippen molar-refractivity contribution in [1.29, 1.82) is 0 Å². The Hall–Kier alpha value is -2.81. The summed E-state index contributed by atoms with van der Waals surface area (Å²) in [5, 5.41) is 4.21. The van der Waals surface area contributed by atoms with Crippen LogP contribution in [0.3, 0.4) is 0 Å². The van der Waals surface area contributed by atoms with Crippen LogP contribution in [0.2, 0.25) is 5.02 Å². The van der Waals surface area contributed by atoms with Gasteiger partial charge in [0.25, 0.3) is 5.56 Å². The average molecular weight is 454 g/mol. The van der Waals surface area contributed by atoms with Crippen LogP contribution < -0.4 is 10.9 Å². The highest BCUT2D eigenvalue weighted by Crippen LogP contribution is 2.35. The quantitative estimate of drug-likeness (QED) is 0.612. The lowest BCUT2D eigenvalue weighted by molar-refractivity contribution is 0.0398. The highest BCUT2D eigenvalue weighted by molar-refractivity contribution is 6.30. The van der Waals surface area contributed by atoms with Crippen molar-refractivity contribution < 1.29 is 9.53 Å². The van der Waals surface area contributed by atoms with E-state index in [9.17, 15) is 9.59 Å². The highest BCUT2D eigenvalue weighted by atomic mass is 35.5. The summed E-state index contributed by atoms with van der Waals surface area (Å²) in [6.07, 6.45) is 2.49. The van der Waals surface area contributed by atoms with E-state index in [1.54, 1.807) is 6.20 Å². The fourth-order valence-electron chi connectivity index (χ4n) is 4.51. The first-order valence-electron chi connectivity index (χ1n) is 10.8. The Morgan fingerprint density at radius 1 is 1.22 bits per heavy atom. The topological polar surface area (TPSA) is 100 Å². The number of benzene rings is 1. The lowest BCUT2D eigenvalue weighted by atomic mass is 9.79. The zero-order valence-electron chi connectivity index (χ0n) is 17.6. The molecular weight excluding hydrogens is 430 g/mol. The third kappa shape index (κ3) is 4.26. The fourth-order valence-corrected chi connectivity index (χ4v) is 4.71. The van der Waals surface area contributed by atoms with Crippen molar-refractivity contribution in [3.63, 3.8) is 0 Å². The number of carbonyl (C=O) groups is 1. The SMILES string of the molecule is O=C1C[C@@H](c2cccc(Cl)c2)Cc2c1cnc1nc(NCCN3CCOCC3)[nH]c(=O)c21. The molecule has 8 nitrogen and oxygen atoms in total. The number of halogens is 1. The summed E-state index contributed by atoms with van der Waals surface area (Å²) < 4.78 is 5.36. The van der Waals surface area contributed by atoms with Gasteiger partial charge in [-0.2, -0.15) is 4.98 Å². The van der Waals surface area contributed by atoms with Gasteiger partial charge in [0, 0.05) is 49.4 Å². The molecule has 0 spiro atoms. The second-order valence-corrected chi connectivity index (χ2v) is 8.66. The van der Waals surface area contributed by atoms with Gasteiger partial charge in [-0.1, -0.05) is 23.7 Å². The molecule has 2 N–H and O–H groups in total. The second-order valence-electron chi connectivity index (χ2n) is 8.23. The van der Waals surface area contributed by atoms with Gasteiger partial charge in [0.05, 0.1) is 18.6 Å². The van der Waals surface area contributed by atoms with E-state index < -0.39 is 0 Å². The first-order valence-corrected chi connectivity index (χ1v) is 11.2. The number of H-pyrrole nitrogens is 1. The van der Waals surface area contributed by atoms with Crippen LogP contribution in [-0.4, -0.2) is 65.0 Å². The zero-order valence-corrected chi connectivity index (χ0v) is 18.3. The Morgan fingerprint density at radius 3 is 2.88 bits per heavy atom. The van der Waals surface area contributed by atoms with Crippen molar-refractivity contribution in [1.82, 2.24) is 19.9 Å². The maximum atomic E-state index is 13.0. The normalized spacial score (nSPS) is 19.2. The van der Waals surface area contributed by atoms with Crippen molar-refractivity contribution in [3.8, 4) is 0 Å². The smallest absolute Gasteiger partial charge is 0.262 e. The van der Waals surface area contributed by atoms with Crippen LogP contribution >= 0.6 is 11.6 Å². The third-order valence-electron chi connectivity index (χ3n) is 6.17. The van der Waals surface area contributed by atoms with Gasteiger partial charge in [-0.25, -0.2) is 4.98 Å². The van der Waals surface area contributed by atoms with Crippen LogP contribution in [0.25, 0.3) is 11.0 Å². The number of hydrogen-bond donors (Lipinski definition) is 2. The molecule has 3 aromatic rings. The number of ether oxygens (including phenoxy) is 1. The van der Waals surface area contributed by atoms with E-state index in [2.05, 4.69) is 25.2 Å². The summed E-state index contributed by atoms with van der Waals surface area (Å²) >= 11 is 6.15. The van der Waals surface area contributed by atoms with Crippen LogP contribution in [0, 0.1) is 0 Å². The number of aromatic amines is 1. The van der Waals surface area contributed by atoms with Gasteiger partial charge < -0.3 is 10.1 Å². The summed E-state index contributed by atoms with van der Waals surface area (Å²) in [6.45, 7) is 4.77. The molecule has 3 heterocycles. The predicted octanol–water partition coefficient (Wildman–Crippen LogP) is 2.63. The third-order valence-corrected chi connectivity index (χ3v) is 6.41. The molecule has 0 amide bonds. The molecule has 1 atom stereocenters. The van der Waals surface area contributed by atoms with Crippen LogP contribution in [0.5, 0.6) is 0 Å². The van der Waals surface area contributed by atoms with Crippen molar-refractivity contribution in [2.45, 2.75) is 18.8 Å². The Labute approximate surface area is 190 Å². The number of morpholine rings is 1. The number of carbonyl (C=O) groups excluding carboxylic acids is 1. The van der Waals surface area contributed by atoms with E-state index in [1.807, 2.05) is 24.3 Å². The molecule has 5 rings (SSSR count). The van der Waals surface area contributed by atoms with Gasteiger partial charge in [-0.15, -0.1) is 0 Å². The van der Waals surface area contributed by atoms with Gasteiger partial charge in [-0.3, -0.25) is 19.5 Å². The summed E-state index contributed by atoms with van der Waals surface area (Å²) in [6, 6.07) is 7.54. The van der Waals surface area contributed by atoms with Gasteiger partial charge in [0.2, 0.25) is 5.95 Å². The number of nitrogens with one attached hydrogen (secondary N) is 2. The van der Waals surface area contributed by atoms with Gasteiger partial charge >= 0.3 is 0 Å². The van der Waals surface area contributed by atoms with E-state index in [0.717, 1.165) is 38.4 Å². The van der Waals surface area contributed by atoms with E-state index >= 15 is 0 Å². The van der Waals surface area contributed by atoms with E-state index in [0.29, 0.717) is 52.5 Å². The van der Waals surface area contributed by atoms with Gasteiger partial charge in [0.1, 0.15) is 0 Å². The number of rotatable bonds is 5. The van der Waals surface area contributed by atoms with Gasteiger partial charge in [-0.05, 0) is 35.6 Å². The molecule has 32 heavy (non-hydrogen) atoms.